The van der Waals surface area contributed by atoms with Crippen LogP contribution in [0.1, 0.15) is 31.4 Å². The van der Waals surface area contributed by atoms with E-state index in [9.17, 15) is 18.0 Å². The van der Waals surface area contributed by atoms with Crippen molar-refractivity contribution in [3.63, 3.8) is 0 Å². The second-order valence-electron chi connectivity index (χ2n) is 5.30. The fourth-order valence-corrected chi connectivity index (χ4v) is 1.95. The smallest absolute Gasteiger partial charge is 0.340 e. The van der Waals surface area contributed by atoms with Crippen molar-refractivity contribution in [2.45, 2.75) is 39.0 Å². The number of carbonyl (C=O) groups excluding carboxylic acids is 1. The third-order valence-corrected chi connectivity index (χ3v) is 3.59. The van der Waals surface area contributed by atoms with E-state index in [1.165, 1.54) is 11.0 Å². The number of alkyl halides is 3. The summed E-state index contributed by atoms with van der Waals surface area (Å²) in [6.45, 7) is 3.91. The maximum atomic E-state index is 12.6. The van der Waals surface area contributed by atoms with Crippen LogP contribution in [0.5, 0.6) is 0 Å². The lowest BCUT2D eigenvalue weighted by atomic mass is 9.99. The van der Waals surface area contributed by atoms with Gasteiger partial charge in [0.1, 0.15) is 0 Å². The number of carbonyl (C=O) groups is 1. The van der Waals surface area contributed by atoms with Gasteiger partial charge in [0, 0.05) is 13.6 Å². The van der Waals surface area contributed by atoms with Gasteiger partial charge in [-0.2, -0.15) is 13.2 Å². The van der Waals surface area contributed by atoms with E-state index in [1.807, 2.05) is 13.8 Å². The first-order valence-electron chi connectivity index (χ1n) is 6.83. The molecule has 0 bridgehead atoms. The van der Waals surface area contributed by atoms with Crippen LogP contribution in [-0.4, -0.2) is 23.9 Å². The molecule has 0 aliphatic carbocycles. The molecule has 0 heterocycles. The van der Waals surface area contributed by atoms with Crippen LogP contribution in [0.2, 0.25) is 0 Å². The highest BCUT2D eigenvalue weighted by molar-refractivity contribution is 5.81. The molecular weight excluding hydrogens is 281 g/mol. The van der Waals surface area contributed by atoms with Crippen molar-refractivity contribution in [1.29, 1.82) is 0 Å². The summed E-state index contributed by atoms with van der Waals surface area (Å²) < 4.78 is 37.9. The standard InChI is InChI=1S/C15H21F3N2O/c1-4-10(2)13(19)14(21)20(3)9-11-6-5-7-12(8-11)15(16,17)18/h5-8,10,13H,4,9,19H2,1-3H3. The zero-order chi connectivity index (χ0) is 16.2. The zero-order valence-corrected chi connectivity index (χ0v) is 12.4. The first-order chi connectivity index (χ1) is 9.66. The number of likely N-dealkylation sites (N-methyl/N-ethyl adjacent to an activating group) is 1. The molecule has 118 valence electrons. The quantitative estimate of drug-likeness (QED) is 0.908. The van der Waals surface area contributed by atoms with Gasteiger partial charge in [-0.3, -0.25) is 4.79 Å². The monoisotopic (exact) mass is 302 g/mol. The third-order valence-electron chi connectivity index (χ3n) is 3.59. The van der Waals surface area contributed by atoms with Gasteiger partial charge in [-0.1, -0.05) is 32.4 Å². The van der Waals surface area contributed by atoms with Gasteiger partial charge < -0.3 is 10.6 Å². The lowest BCUT2D eigenvalue weighted by Crippen LogP contribution is -2.45. The van der Waals surface area contributed by atoms with Crippen LogP contribution >= 0.6 is 0 Å². The Hall–Kier alpha value is -1.56. The minimum absolute atomic E-state index is 0.0291. The molecule has 21 heavy (non-hydrogen) atoms. The Morgan fingerprint density at radius 3 is 2.52 bits per heavy atom. The molecule has 6 heteroatoms. The molecule has 0 radical (unpaired) electrons. The van der Waals surface area contributed by atoms with Crippen LogP contribution in [0.25, 0.3) is 0 Å². The maximum Gasteiger partial charge on any atom is 0.416 e. The summed E-state index contributed by atoms with van der Waals surface area (Å²) >= 11 is 0. The average Bonchev–Trinajstić information content (AvgIpc) is 2.44. The molecule has 0 saturated heterocycles. The van der Waals surface area contributed by atoms with Gasteiger partial charge in [-0.25, -0.2) is 0 Å². The van der Waals surface area contributed by atoms with E-state index in [0.717, 1.165) is 18.6 Å². The highest BCUT2D eigenvalue weighted by Gasteiger charge is 2.30. The predicted octanol–water partition coefficient (Wildman–Crippen LogP) is 3.04. The molecule has 1 aromatic rings. The normalized spacial score (nSPS) is 14.6. The van der Waals surface area contributed by atoms with E-state index in [0.29, 0.717) is 5.56 Å². The van der Waals surface area contributed by atoms with Gasteiger partial charge >= 0.3 is 6.18 Å². The second-order valence-corrected chi connectivity index (χ2v) is 5.30. The molecule has 2 atom stereocenters. The molecule has 0 aromatic heterocycles. The van der Waals surface area contributed by atoms with Crippen molar-refractivity contribution in [3.8, 4) is 0 Å². The average molecular weight is 302 g/mol. The van der Waals surface area contributed by atoms with Crippen molar-refractivity contribution in [3.05, 3.63) is 35.4 Å². The highest BCUT2D eigenvalue weighted by atomic mass is 19.4. The Kier molecular flexibility index (Phi) is 5.78. The van der Waals surface area contributed by atoms with E-state index in [4.69, 9.17) is 5.73 Å². The molecular formula is C15H21F3N2O. The zero-order valence-electron chi connectivity index (χ0n) is 12.4. The largest absolute Gasteiger partial charge is 0.416 e. The van der Waals surface area contributed by atoms with Gasteiger partial charge in [0.15, 0.2) is 0 Å². The molecule has 0 saturated carbocycles. The Morgan fingerprint density at radius 1 is 1.38 bits per heavy atom. The number of rotatable bonds is 5. The Balaban J connectivity index is 2.79. The number of halogens is 3. The molecule has 2 N–H and O–H groups in total. The van der Waals surface area contributed by atoms with Crippen molar-refractivity contribution >= 4 is 5.91 Å². The minimum Gasteiger partial charge on any atom is -0.340 e. The van der Waals surface area contributed by atoms with E-state index in [2.05, 4.69) is 0 Å². The SMILES string of the molecule is CCC(C)C(N)C(=O)N(C)Cc1cccc(C(F)(F)F)c1. The number of nitrogens with zero attached hydrogens (tertiary/aromatic N) is 1. The van der Waals surface area contributed by atoms with Gasteiger partial charge in [-0.05, 0) is 23.6 Å². The molecule has 3 nitrogen and oxygen atoms in total. The van der Waals surface area contributed by atoms with Gasteiger partial charge in [0.05, 0.1) is 11.6 Å². The van der Waals surface area contributed by atoms with Crippen LogP contribution in [0.15, 0.2) is 24.3 Å². The number of hydrogen-bond acceptors (Lipinski definition) is 2. The van der Waals surface area contributed by atoms with Crippen molar-refractivity contribution in [2.24, 2.45) is 11.7 Å². The Bertz CT molecular complexity index is 488. The van der Waals surface area contributed by atoms with Crippen LogP contribution < -0.4 is 5.73 Å². The molecule has 0 spiro atoms. The molecule has 1 rings (SSSR count). The van der Waals surface area contributed by atoms with Crippen molar-refractivity contribution in [2.75, 3.05) is 7.05 Å². The molecule has 0 fully saturated rings. The topological polar surface area (TPSA) is 46.3 Å². The molecule has 0 aliphatic heterocycles. The Morgan fingerprint density at radius 2 is 2.00 bits per heavy atom. The summed E-state index contributed by atoms with van der Waals surface area (Å²) in [5.41, 5.74) is 5.57. The lowest BCUT2D eigenvalue weighted by molar-refractivity contribution is -0.137. The lowest BCUT2D eigenvalue weighted by Gasteiger charge is -2.25. The van der Waals surface area contributed by atoms with Gasteiger partial charge in [0.2, 0.25) is 5.91 Å². The van der Waals surface area contributed by atoms with Gasteiger partial charge in [0.25, 0.3) is 0 Å². The van der Waals surface area contributed by atoms with Crippen LogP contribution in [0.4, 0.5) is 13.2 Å². The summed E-state index contributed by atoms with van der Waals surface area (Å²) in [5, 5.41) is 0. The summed E-state index contributed by atoms with van der Waals surface area (Å²) in [7, 11) is 1.55. The summed E-state index contributed by atoms with van der Waals surface area (Å²) in [6.07, 6.45) is -3.62. The number of hydrogen-bond donors (Lipinski definition) is 1. The minimum atomic E-state index is -4.38. The number of amides is 1. The summed E-state index contributed by atoms with van der Waals surface area (Å²) in [4.78, 5) is 13.5. The number of nitrogens with two attached hydrogens (primary N) is 1. The summed E-state index contributed by atoms with van der Waals surface area (Å²) in [6, 6.07) is 4.33. The van der Waals surface area contributed by atoms with Crippen LogP contribution in [-0.2, 0) is 17.5 Å². The van der Waals surface area contributed by atoms with E-state index in [1.54, 1.807) is 13.1 Å². The Labute approximate surface area is 122 Å². The number of benzene rings is 1. The molecule has 2 unspecified atom stereocenters. The second kappa shape index (κ2) is 6.93. The first kappa shape index (κ1) is 17.5. The molecule has 0 aliphatic rings. The molecule has 1 aromatic carbocycles. The van der Waals surface area contributed by atoms with Crippen molar-refractivity contribution in [1.82, 2.24) is 4.90 Å². The van der Waals surface area contributed by atoms with E-state index < -0.39 is 17.8 Å². The van der Waals surface area contributed by atoms with E-state index >= 15 is 0 Å². The van der Waals surface area contributed by atoms with Crippen molar-refractivity contribution < 1.29 is 18.0 Å². The van der Waals surface area contributed by atoms with Gasteiger partial charge in [-0.15, -0.1) is 0 Å². The fourth-order valence-electron chi connectivity index (χ4n) is 1.95. The predicted molar refractivity (Wildman–Crippen MR) is 75.3 cm³/mol. The van der Waals surface area contributed by atoms with Crippen LogP contribution in [0.3, 0.4) is 0 Å². The van der Waals surface area contributed by atoms with Crippen LogP contribution in [0, 0.1) is 5.92 Å². The molecule has 1 amide bonds. The maximum absolute atomic E-state index is 12.6. The first-order valence-corrected chi connectivity index (χ1v) is 6.83. The van der Waals surface area contributed by atoms with E-state index in [-0.39, 0.29) is 18.4 Å². The summed E-state index contributed by atoms with van der Waals surface area (Å²) in [5.74, 6) is -0.233. The highest BCUT2D eigenvalue weighted by Crippen LogP contribution is 2.29. The fraction of sp³-hybridized carbons (Fsp3) is 0.533. The third kappa shape index (κ3) is 4.74.